The molecular weight excluding hydrogens is 341 g/mol. The summed E-state index contributed by atoms with van der Waals surface area (Å²) < 4.78 is 14.2. The summed E-state index contributed by atoms with van der Waals surface area (Å²) in [6, 6.07) is 10.9. The van der Waals surface area contributed by atoms with E-state index in [0.29, 0.717) is 10.0 Å². The van der Waals surface area contributed by atoms with Crippen molar-refractivity contribution in [3.05, 3.63) is 69.9 Å². The van der Waals surface area contributed by atoms with Crippen molar-refractivity contribution in [1.82, 2.24) is 5.32 Å². The molecule has 0 aliphatic rings. The third kappa shape index (κ3) is 3.66. The van der Waals surface area contributed by atoms with Gasteiger partial charge >= 0.3 is 5.97 Å². The third-order valence-corrected chi connectivity index (χ3v) is 3.32. The Kier molecular flexibility index (Phi) is 4.70. The van der Waals surface area contributed by atoms with Gasteiger partial charge in [0.25, 0.3) is 5.91 Å². The standard InChI is InChI=1S/C15H11BrFNO3/c16-10-6-7-11(12(17)8-10)14(19)18-13(15(20)21)9-4-2-1-3-5-9/h1-8,13H,(H,18,19)(H,20,21). The summed E-state index contributed by atoms with van der Waals surface area (Å²) in [4.78, 5) is 23.3. The van der Waals surface area contributed by atoms with E-state index in [1.54, 1.807) is 30.3 Å². The summed E-state index contributed by atoms with van der Waals surface area (Å²) in [5.41, 5.74) is 0.205. The molecule has 2 aromatic rings. The molecule has 4 nitrogen and oxygen atoms in total. The van der Waals surface area contributed by atoms with Crippen LogP contribution in [0.2, 0.25) is 0 Å². The van der Waals surface area contributed by atoms with E-state index in [0.717, 1.165) is 6.07 Å². The van der Waals surface area contributed by atoms with Crippen molar-refractivity contribution in [2.75, 3.05) is 0 Å². The zero-order valence-corrected chi connectivity index (χ0v) is 12.3. The molecule has 0 saturated heterocycles. The van der Waals surface area contributed by atoms with Gasteiger partial charge < -0.3 is 10.4 Å². The van der Waals surface area contributed by atoms with Crippen LogP contribution < -0.4 is 5.32 Å². The van der Waals surface area contributed by atoms with Gasteiger partial charge in [0.05, 0.1) is 5.56 Å². The number of carbonyl (C=O) groups is 2. The fourth-order valence-corrected chi connectivity index (χ4v) is 2.15. The lowest BCUT2D eigenvalue weighted by Crippen LogP contribution is -2.34. The smallest absolute Gasteiger partial charge is 0.330 e. The van der Waals surface area contributed by atoms with E-state index in [-0.39, 0.29) is 5.56 Å². The molecule has 1 amide bonds. The average molecular weight is 352 g/mol. The molecule has 2 N–H and O–H groups in total. The number of carboxylic acid groups (broad SMARTS) is 1. The normalized spacial score (nSPS) is 11.7. The number of rotatable bonds is 4. The van der Waals surface area contributed by atoms with Gasteiger partial charge in [0.1, 0.15) is 5.82 Å². The third-order valence-electron chi connectivity index (χ3n) is 2.83. The lowest BCUT2D eigenvalue weighted by atomic mass is 10.1. The Morgan fingerprint density at radius 2 is 1.81 bits per heavy atom. The molecule has 21 heavy (non-hydrogen) atoms. The van der Waals surface area contributed by atoms with Crippen molar-refractivity contribution in [2.45, 2.75) is 6.04 Å². The number of aliphatic carboxylic acids is 1. The minimum atomic E-state index is -1.23. The van der Waals surface area contributed by atoms with Crippen LogP contribution in [-0.2, 0) is 4.79 Å². The highest BCUT2D eigenvalue weighted by Crippen LogP contribution is 2.18. The van der Waals surface area contributed by atoms with Crippen molar-refractivity contribution >= 4 is 27.8 Å². The molecule has 0 radical (unpaired) electrons. The summed E-state index contributed by atoms with van der Waals surface area (Å²) in [5.74, 6) is -2.72. The second-order valence-electron chi connectivity index (χ2n) is 4.28. The van der Waals surface area contributed by atoms with Crippen LogP contribution in [0.15, 0.2) is 53.0 Å². The molecule has 6 heteroatoms. The zero-order valence-electron chi connectivity index (χ0n) is 10.7. The Hall–Kier alpha value is -2.21. The van der Waals surface area contributed by atoms with Gasteiger partial charge in [-0.25, -0.2) is 9.18 Å². The van der Waals surface area contributed by atoms with Crippen LogP contribution in [0.3, 0.4) is 0 Å². The molecule has 0 saturated carbocycles. The first-order valence-corrected chi connectivity index (χ1v) is 6.82. The molecule has 0 aromatic heterocycles. The maximum Gasteiger partial charge on any atom is 0.330 e. The molecule has 1 unspecified atom stereocenters. The second-order valence-corrected chi connectivity index (χ2v) is 5.20. The number of hydrogen-bond acceptors (Lipinski definition) is 2. The fraction of sp³-hybridized carbons (Fsp3) is 0.0667. The molecule has 0 heterocycles. The van der Waals surface area contributed by atoms with Gasteiger partial charge in [-0.15, -0.1) is 0 Å². The van der Waals surface area contributed by atoms with Crippen LogP contribution >= 0.6 is 15.9 Å². The first-order chi connectivity index (χ1) is 9.99. The molecule has 108 valence electrons. The monoisotopic (exact) mass is 351 g/mol. The van der Waals surface area contributed by atoms with Gasteiger partial charge in [-0.2, -0.15) is 0 Å². The summed E-state index contributed by atoms with van der Waals surface area (Å²) >= 11 is 3.09. The van der Waals surface area contributed by atoms with Crippen LogP contribution in [0, 0.1) is 5.82 Å². The first-order valence-electron chi connectivity index (χ1n) is 6.02. The zero-order chi connectivity index (χ0) is 15.4. The maximum atomic E-state index is 13.7. The second kappa shape index (κ2) is 6.49. The lowest BCUT2D eigenvalue weighted by molar-refractivity contribution is -0.139. The molecule has 0 aliphatic carbocycles. The van der Waals surface area contributed by atoms with Crippen LogP contribution in [-0.4, -0.2) is 17.0 Å². The number of nitrogens with one attached hydrogen (secondary N) is 1. The Morgan fingerprint density at radius 1 is 1.14 bits per heavy atom. The summed E-state index contributed by atoms with van der Waals surface area (Å²) in [6.45, 7) is 0. The minimum absolute atomic E-state index is 0.208. The van der Waals surface area contributed by atoms with Gasteiger partial charge in [-0.3, -0.25) is 4.79 Å². The van der Waals surface area contributed by atoms with Crippen LogP contribution in [0.4, 0.5) is 4.39 Å². The SMILES string of the molecule is O=C(NC(C(=O)O)c1ccccc1)c1ccc(Br)cc1F. The molecule has 2 aromatic carbocycles. The van der Waals surface area contributed by atoms with Gasteiger partial charge in [0.15, 0.2) is 6.04 Å². The van der Waals surface area contributed by atoms with E-state index < -0.39 is 23.7 Å². The van der Waals surface area contributed by atoms with E-state index in [1.807, 2.05) is 0 Å². The largest absolute Gasteiger partial charge is 0.479 e. The Balaban J connectivity index is 2.25. The number of halogens is 2. The van der Waals surface area contributed by atoms with Crippen LogP contribution in [0.5, 0.6) is 0 Å². The van der Waals surface area contributed by atoms with Crippen molar-refractivity contribution in [3.63, 3.8) is 0 Å². The molecule has 0 aliphatic heterocycles. The molecule has 2 rings (SSSR count). The van der Waals surface area contributed by atoms with E-state index in [2.05, 4.69) is 21.2 Å². The van der Waals surface area contributed by atoms with E-state index in [4.69, 9.17) is 0 Å². The maximum absolute atomic E-state index is 13.7. The molecule has 0 fully saturated rings. The molecular formula is C15H11BrFNO3. The van der Waals surface area contributed by atoms with Gasteiger partial charge in [0, 0.05) is 4.47 Å². The van der Waals surface area contributed by atoms with E-state index in [9.17, 15) is 19.1 Å². The highest BCUT2D eigenvalue weighted by molar-refractivity contribution is 9.10. The number of benzene rings is 2. The molecule has 0 spiro atoms. The summed E-state index contributed by atoms with van der Waals surface area (Å²) in [7, 11) is 0. The van der Waals surface area contributed by atoms with Gasteiger partial charge in [0.2, 0.25) is 0 Å². The Labute approximate surface area is 128 Å². The Morgan fingerprint density at radius 3 is 2.38 bits per heavy atom. The minimum Gasteiger partial charge on any atom is -0.479 e. The van der Waals surface area contributed by atoms with Crippen LogP contribution in [0.25, 0.3) is 0 Å². The van der Waals surface area contributed by atoms with Gasteiger partial charge in [-0.1, -0.05) is 46.3 Å². The first kappa shape index (κ1) is 15.2. The predicted octanol–water partition coefficient (Wildman–Crippen LogP) is 3.14. The van der Waals surface area contributed by atoms with Gasteiger partial charge in [-0.05, 0) is 23.8 Å². The summed E-state index contributed by atoms with van der Waals surface area (Å²) in [6.07, 6.45) is 0. The quantitative estimate of drug-likeness (QED) is 0.889. The lowest BCUT2D eigenvalue weighted by Gasteiger charge is -2.15. The van der Waals surface area contributed by atoms with E-state index in [1.165, 1.54) is 12.1 Å². The number of hydrogen-bond donors (Lipinski definition) is 2. The Bertz CT molecular complexity index is 676. The van der Waals surface area contributed by atoms with Crippen molar-refractivity contribution in [3.8, 4) is 0 Å². The molecule has 1 atom stereocenters. The number of amides is 1. The topological polar surface area (TPSA) is 66.4 Å². The number of carboxylic acids is 1. The van der Waals surface area contributed by atoms with Crippen LogP contribution in [0.1, 0.15) is 22.0 Å². The predicted molar refractivity (Wildman–Crippen MR) is 78.4 cm³/mol. The van der Waals surface area contributed by atoms with Crippen molar-refractivity contribution in [2.24, 2.45) is 0 Å². The van der Waals surface area contributed by atoms with Crippen molar-refractivity contribution in [1.29, 1.82) is 0 Å². The highest BCUT2D eigenvalue weighted by Gasteiger charge is 2.23. The summed E-state index contributed by atoms with van der Waals surface area (Å²) in [5, 5.41) is 11.5. The highest BCUT2D eigenvalue weighted by atomic mass is 79.9. The number of carbonyl (C=O) groups excluding carboxylic acids is 1. The fourth-order valence-electron chi connectivity index (χ4n) is 1.82. The van der Waals surface area contributed by atoms with E-state index >= 15 is 0 Å². The average Bonchev–Trinajstić information content (AvgIpc) is 2.45. The van der Waals surface area contributed by atoms with Crippen molar-refractivity contribution < 1.29 is 19.1 Å². The molecule has 0 bridgehead atoms.